The number of nitrogens with two attached hydrogens (primary N) is 1. The van der Waals surface area contributed by atoms with Gasteiger partial charge in [0.15, 0.2) is 23.4 Å². The van der Waals surface area contributed by atoms with Crippen LogP contribution in [0.2, 0.25) is 0 Å². The highest BCUT2D eigenvalue weighted by molar-refractivity contribution is 5.96. The summed E-state index contributed by atoms with van der Waals surface area (Å²) >= 11 is 0. The molecule has 2 amide bonds. The second kappa shape index (κ2) is 4.19. The van der Waals surface area contributed by atoms with Gasteiger partial charge < -0.3 is 14.9 Å². The van der Waals surface area contributed by atoms with Crippen molar-refractivity contribution in [2.75, 3.05) is 11.4 Å². The smallest absolute Gasteiger partial charge is 0.415 e. The minimum absolute atomic E-state index is 0.0633. The zero-order valence-electron chi connectivity index (χ0n) is 10.4. The molecule has 8 heteroatoms. The van der Waals surface area contributed by atoms with Crippen molar-refractivity contribution in [3.63, 3.8) is 0 Å². The number of fused-ring (bicyclic) bond motifs is 1. The van der Waals surface area contributed by atoms with Gasteiger partial charge in [-0.15, -0.1) is 0 Å². The summed E-state index contributed by atoms with van der Waals surface area (Å²) < 4.78 is 23.9. The fraction of sp³-hybridized carbons (Fsp3) is 0.250. The van der Waals surface area contributed by atoms with Crippen molar-refractivity contribution >= 4 is 28.8 Å². The van der Waals surface area contributed by atoms with E-state index in [2.05, 4.69) is 4.98 Å². The Kier molecular flexibility index (Phi) is 2.60. The number of benzene rings is 1. The molecule has 7 nitrogen and oxygen atoms in total. The summed E-state index contributed by atoms with van der Waals surface area (Å²) in [6.45, 7) is 1.53. The molecule has 0 bridgehead atoms. The molecule has 0 spiro atoms. The van der Waals surface area contributed by atoms with Gasteiger partial charge in [0.05, 0.1) is 12.2 Å². The highest BCUT2D eigenvalue weighted by Crippen LogP contribution is 2.28. The number of halogens is 1. The van der Waals surface area contributed by atoms with E-state index >= 15 is 0 Å². The summed E-state index contributed by atoms with van der Waals surface area (Å²) in [5, 5.41) is 0. The molecule has 104 valence electrons. The number of hydrogen-bond donors (Lipinski definition) is 1. The lowest BCUT2D eigenvalue weighted by molar-refractivity contribution is -0.124. The minimum atomic E-state index is -1.04. The molecule has 1 aliphatic rings. The quantitative estimate of drug-likeness (QED) is 0.887. The molecule has 1 aromatic heterocycles. The molecule has 20 heavy (non-hydrogen) atoms. The topological polar surface area (TPSA) is 98.7 Å². The monoisotopic (exact) mass is 279 g/mol. The number of ether oxygens (including phenoxy) is 1. The molecular weight excluding hydrogens is 269 g/mol. The van der Waals surface area contributed by atoms with E-state index in [0.717, 1.165) is 11.0 Å². The van der Waals surface area contributed by atoms with Crippen LogP contribution in [0, 0.1) is 12.7 Å². The number of rotatable bonds is 2. The zero-order chi connectivity index (χ0) is 14.4. The molecule has 0 unspecified atom stereocenters. The van der Waals surface area contributed by atoms with Crippen molar-refractivity contribution in [2.24, 2.45) is 5.73 Å². The van der Waals surface area contributed by atoms with Crippen LogP contribution >= 0.6 is 0 Å². The van der Waals surface area contributed by atoms with Crippen molar-refractivity contribution in [1.29, 1.82) is 0 Å². The second-order valence-corrected chi connectivity index (χ2v) is 4.39. The van der Waals surface area contributed by atoms with Gasteiger partial charge in [0.2, 0.25) is 0 Å². The highest BCUT2D eigenvalue weighted by Gasteiger charge is 2.36. The Bertz CT molecular complexity index is 727. The molecule has 1 fully saturated rings. The van der Waals surface area contributed by atoms with Crippen LogP contribution in [0.5, 0.6) is 0 Å². The average molecular weight is 279 g/mol. The Balaban J connectivity index is 2.02. The van der Waals surface area contributed by atoms with Gasteiger partial charge in [-0.25, -0.2) is 14.2 Å². The first-order chi connectivity index (χ1) is 9.45. The largest absolute Gasteiger partial charge is 0.441 e. The molecule has 3 rings (SSSR count). The second-order valence-electron chi connectivity index (χ2n) is 4.39. The zero-order valence-corrected chi connectivity index (χ0v) is 10.4. The number of primary amides is 1. The Hall–Kier alpha value is -2.64. The predicted octanol–water partition coefficient (Wildman–Crippen LogP) is 1.09. The van der Waals surface area contributed by atoms with Gasteiger partial charge in [-0.1, -0.05) is 0 Å². The summed E-state index contributed by atoms with van der Waals surface area (Å²) in [6, 6.07) is 2.60. The van der Waals surface area contributed by atoms with Gasteiger partial charge >= 0.3 is 6.09 Å². The van der Waals surface area contributed by atoms with Gasteiger partial charge in [0.25, 0.3) is 5.91 Å². The van der Waals surface area contributed by atoms with Crippen molar-refractivity contribution in [1.82, 2.24) is 4.98 Å². The Labute approximate surface area is 112 Å². The van der Waals surface area contributed by atoms with Crippen LogP contribution < -0.4 is 10.6 Å². The number of carbonyl (C=O) groups excluding carboxylic acids is 2. The number of oxazole rings is 1. The molecule has 2 aromatic rings. The number of cyclic esters (lactones) is 1. The predicted molar refractivity (Wildman–Crippen MR) is 65.5 cm³/mol. The molecule has 2 heterocycles. The van der Waals surface area contributed by atoms with Gasteiger partial charge in [-0.05, 0) is 0 Å². The van der Waals surface area contributed by atoms with E-state index < -0.39 is 23.9 Å². The maximum atomic E-state index is 13.9. The number of nitrogens with zero attached hydrogens (tertiary/aromatic N) is 2. The molecule has 1 aliphatic heterocycles. The Morgan fingerprint density at radius 1 is 1.55 bits per heavy atom. The third-order valence-electron chi connectivity index (χ3n) is 2.98. The normalized spacial score (nSPS) is 18.6. The van der Waals surface area contributed by atoms with E-state index in [1.807, 2.05) is 0 Å². The molecule has 0 saturated carbocycles. The first-order valence-corrected chi connectivity index (χ1v) is 5.80. The van der Waals surface area contributed by atoms with Crippen LogP contribution in [0.3, 0.4) is 0 Å². The number of aryl methyl sites for hydroxylation is 1. The molecule has 1 atom stereocenters. The van der Waals surface area contributed by atoms with Gasteiger partial charge in [-0.2, -0.15) is 0 Å². The third-order valence-corrected chi connectivity index (χ3v) is 2.98. The van der Waals surface area contributed by atoms with Crippen LogP contribution in [-0.2, 0) is 9.53 Å². The van der Waals surface area contributed by atoms with E-state index in [9.17, 15) is 14.0 Å². The Morgan fingerprint density at radius 2 is 2.30 bits per heavy atom. The lowest BCUT2D eigenvalue weighted by Gasteiger charge is -2.12. The molecule has 2 N–H and O–H groups in total. The number of amides is 2. The SMILES string of the molecule is Cc1nc2c(F)cc(N3C[C@H](C(N)=O)OC3=O)cc2o1. The minimum Gasteiger partial charge on any atom is -0.441 e. The average Bonchev–Trinajstić information content (AvgIpc) is 2.92. The molecule has 1 saturated heterocycles. The summed E-state index contributed by atoms with van der Waals surface area (Å²) in [5.74, 6) is -1.06. The standard InChI is InChI=1S/C12H10FN3O4/c1-5-15-10-7(13)2-6(3-8(10)19-5)16-4-9(11(14)17)20-12(16)18/h2-3,9H,4H2,1H3,(H2,14,17)/t9-/m1/s1. The maximum Gasteiger partial charge on any atom is 0.415 e. The number of hydrogen-bond acceptors (Lipinski definition) is 5. The summed E-state index contributed by atoms with van der Waals surface area (Å²) in [6.07, 6.45) is -1.80. The van der Waals surface area contributed by atoms with Crippen molar-refractivity contribution < 1.29 is 23.1 Å². The van der Waals surface area contributed by atoms with E-state index in [0.29, 0.717) is 5.89 Å². The van der Waals surface area contributed by atoms with Gasteiger partial charge in [-0.3, -0.25) is 9.69 Å². The first-order valence-electron chi connectivity index (χ1n) is 5.80. The van der Waals surface area contributed by atoms with Crippen LogP contribution in [0.15, 0.2) is 16.5 Å². The summed E-state index contributed by atoms with van der Waals surface area (Å²) in [7, 11) is 0. The fourth-order valence-corrected chi connectivity index (χ4v) is 2.06. The van der Waals surface area contributed by atoms with E-state index in [-0.39, 0.29) is 23.3 Å². The summed E-state index contributed by atoms with van der Waals surface area (Å²) in [5.41, 5.74) is 5.60. The van der Waals surface area contributed by atoms with Crippen LogP contribution in [0.1, 0.15) is 5.89 Å². The van der Waals surface area contributed by atoms with Crippen molar-refractivity contribution in [3.05, 3.63) is 23.8 Å². The van der Waals surface area contributed by atoms with Gasteiger partial charge in [0.1, 0.15) is 5.52 Å². The molecule has 1 aromatic carbocycles. The molecule has 0 radical (unpaired) electrons. The first kappa shape index (κ1) is 12.4. The summed E-state index contributed by atoms with van der Waals surface area (Å²) in [4.78, 5) is 27.7. The maximum absolute atomic E-state index is 13.9. The van der Waals surface area contributed by atoms with Crippen molar-refractivity contribution in [3.8, 4) is 0 Å². The number of carbonyl (C=O) groups is 2. The van der Waals surface area contributed by atoms with E-state index in [1.165, 1.54) is 6.07 Å². The molecule has 0 aliphatic carbocycles. The number of anilines is 1. The van der Waals surface area contributed by atoms with E-state index in [4.69, 9.17) is 14.9 Å². The third kappa shape index (κ3) is 1.85. The Morgan fingerprint density at radius 3 is 2.95 bits per heavy atom. The van der Waals surface area contributed by atoms with Crippen molar-refractivity contribution in [2.45, 2.75) is 13.0 Å². The van der Waals surface area contributed by atoms with Crippen LogP contribution in [0.4, 0.5) is 14.9 Å². The van der Waals surface area contributed by atoms with Gasteiger partial charge in [0, 0.05) is 19.1 Å². The number of aromatic nitrogens is 1. The van der Waals surface area contributed by atoms with Crippen LogP contribution in [0.25, 0.3) is 11.1 Å². The lowest BCUT2D eigenvalue weighted by Crippen LogP contribution is -2.32. The van der Waals surface area contributed by atoms with Crippen LogP contribution in [-0.4, -0.2) is 29.6 Å². The highest BCUT2D eigenvalue weighted by atomic mass is 19.1. The van der Waals surface area contributed by atoms with E-state index in [1.54, 1.807) is 6.92 Å². The lowest BCUT2D eigenvalue weighted by atomic mass is 10.2. The fourth-order valence-electron chi connectivity index (χ4n) is 2.06. The molecular formula is C12H10FN3O4.